The molecule has 0 radical (unpaired) electrons. The molecule has 0 saturated carbocycles. The van der Waals surface area contributed by atoms with Crippen LogP contribution in [0.5, 0.6) is 0 Å². The molecule has 2 rings (SSSR count). The Bertz CT molecular complexity index is 746. The van der Waals surface area contributed by atoms with Crippen LogP contribution in [-0.4, -0.2) is 8.42 Å². The fourth-order valence-electron chi connectivity index (χ4n) is 1.61. The maximum atomic E-state index is 13.8. The lowest BCUT2D eigenvalue weighted by Gasteiger charge is -2.10. The summed E-state index contributed by atoms with van der Waals surface area (Å²) in [6, 6.07) is 8.81. The lowest BCUT2D eigenvalue weighted by molar-refractivity contribution is 0.573. The van der Waals surface area contributed by atoms with Gasteiger partial charge in [0.1, 0.15) is 4.90 Å². The first-order chi connectivity index (χ1) is 9.29. The number of anilines is 2. The number of nitrogens with one attached hydrogen (secondary N) is 1. The van der Waals surface area contributed by atoms with Crippen molar-refractivity contribution in [2.75, 3.05) is 10.5 Å². The molecular weight excluding hydrogens is 303 g/mol. The summed E-state index contributed by atoms with van der Waals surface area (Å²) in [7, 11) is -4.09. The Kier molecular flexibility index (Phi) is 3.87. The van der Waals surface area contributed by atoms with E-state index < -0.39 is 20.7 Å². The maximum absolute atomic E-state index is 13.8. The van der Waals surface area contributed by atoms with Gasteiger partial charge >= 0.3 is 0 Å². The first kappa shape index (κ1) is 14.6. The molecule has 3 N–H and O–H groups in total. The summed E-state index contributed by atoms with van der Waals surface area (Å²) in [6.45, 7) is 1.87. The molecule has 0 aliphatic heterocycles. The van der Waals surface area contributed by atoms with Crippen LogP contribution in [0.25, 0.3) is 0 Å². The SMILES string of the molecule is Cc1ccc(NS(=O)(=O)c2cc(Cl)cc(N)c2F)cc1. The number of benzene rings is 2. The second-order valence-corrected chi connectivity index (χ2v) is 6.37. The Morgan fingerprint density at radius 1 is 1.20 bits per heavy atom. The molecule has 2 aromatic rings. The molecule has 0 aliphatic carbocycles. The average molecular weight is 315 g/mol. The molecule has 0 aliphatic rings. The zero-order chi connectivity index (χ0) is 14.9. The molecular formula is C13H12ClFN2O2S. The van der Waals surface area contributed by atoms with Crippen molar-refractivity contribution >= 4 is 33.0 Å². The maximum Gasteiger partial charge on any atom is 0.264 e. The van der Waals surface area contributed by atoms with Crippen molar-refractivity contribution in [1.82, 2.24) is 0 Å². The molecule has 106 valence electrons. The molecule has 0 fully saturated rings. The first-order valence-corrected chi connectivity index (χ1v) is 7.50. The molecule has 0 saturated heterocycles. The molecule has 0 aromatic heterocycles. The number of hydrogen-bond acceptors (Lipinski definition) is 3. The van der Waals surface area contributed by atoms with Crippen molar-refractivity contribution in [3.63, 3.8) is 0 Å². The normalized spacial score (nSPS) is 11.3. The highest BCUT2D eigenvalue weighted by Crippen LogP contribution is 2.26. The van der Waals surface area contributed by atoms with Gasteiger partial charge in [-0.15, -0.1) is 0 Å². The second-order valence-electron chi connectivity index (χ2n) is 4.28. The Morgan fingerprint density at radius 2 is 1.80 bits per heavy atom. The van der Waals surface area contributed by atoms with Gasteiger partial charge in [0.15, 0.2) is 5.82 Å². The first-order valence-electron chi connectivity index (χ1n) is 5.63. The fourth-order valence-corrected chi connectivity index (χ4v) is 3.10. The number of hydrogen-bond donors (Lipinski definition) is 2. The Morgan fingerprint density at radius 3 is 2.40 bits per heavy atom. The molecule has 0 bridgehead atoms. The van der Waals surface area contributed by atoms with Crippen molar-refractivity contribution in [3.8, 4) is 0 Å². The van der Waals surface area contributed by atoms with E-state index in [0.29, 0.717) is 5.69 Å². The molecule has 20 heavy (non-hydrogen) atoms. The van der Waals surface area contributed by atoms with Crippen LogP contribution < -0.4 is 10.5 Å². The lowest BCUT2D eigenvalue weighted by atomic mass is 10.2. The zero-order valence-corrected chi connectivity index (χ0v) is 12.1. The minimum absolute atomic E-state index is 0.0492. The topological polar surface area (TPSA) is 72.2 Å². The van der Waals surface area contributed by atoms with Gasteiger partial charge in [-0.1, -0.05) is 29.3 Å². The standard InChI is InChI=1S/C13H12ClFN2O2S/c1-8-2-4-10(5-3-8)17-20(18,19)12-7-9(14)6-11(16)13(12)15/h2-7,17H,16H2,1H3. The predicted octanol–water partition coefficient (Wildman–Crippen LogP) is 3.17. The zero-order valence-electron chi connectivity index (χ0n) is 10.5. The third-order valence-corrected chi connectivity index (χ3v) is 4.22. The quantitative estimate of drug-likeness (QED) is 0.855. The van der Waals surface area contributed by atoms with Crippen LogP contribution in [-0.2, 0) is 10.0 Å². The van der Waals surface area contributed by atoms with Crippen LogP contribution in [0.4, 0.5) is 15.8 Å². The molecule has 0 amide bonds. The van der Waals surface area contributed by atoms with Crippen LogP contribution in [0, 0.1) is 12.7 Å². The van der Waals surface area contributed by atoms with E-state index in [9.17, 15) is 12.8 Å². The largest absolute Gasteiger partial charge is 0.396 e. The fraction of sp³-hybridized carbons (Fsp3) is 0.0769. The van der Waals surface area contributed by atoms with E-state index in [1.807, 2.05) is 6.92 Å². The molecule has 4 nitrogen and oxygen atoms in total. The molecule has 0 heterocycles. The summed E-state index contributed by atoms with van der Waals surface area (Å²) < 4.78 is 40.4. The third-order valence-electron chi connectivity index (χ3n) is 2.63. The van der Waals surface area contributed by atoms with Gasteiger partial charge in [0.2, 0.25) is 0 Å². The van der Waals surface area contributed by atoms with Crippen molar-refractivity contribution in [2.24, 2.45) is 0 Å². The van der Waals surface area contributed by atoms with E-state index in [-0.39, 0.29) is 10.7 Å². The summed E-state index contributed by atoms with van der Waals surface area (Å²) in [5, 5.41) is 0.0492. The molecule has 0 unspecified atom stereocenters. The highest BCUT2D eigenvalue weighted by Gasteiger charge is 2.21. The Hall–Kier alpha value is -1.79. The smallest absolute Gasteiger partial charge is 0.264 e. The van der Waals surface area contributed by atoms with E-state index in [0.717, 1.165) is 17.7 Å². The summed E-state index contributed by atoms with van der Waals surface area (Å²) in [4.78, 5) is -0.580. The Labute approximate surface area is 121 Å². The monoisotopic (exact) mass is 314 g/mol. The average Bonchev–Trinajstić information content (AvgIpc) is 2.36. The van der Waals surface area contributed by atoms with E-state index in [1.165, 1.54) is 0 Å². The number of sulfonamides is 1. The summed E-state index contributed by atoms with van der Waals surface area (Å²) in [5.41, 5.74) is 6.37. The van der Waals surface area contributed by atoms with Gasteiger partial charge < -0.3 is 5.73 Å². The summed E-state index contributed by atoms with van der Waals surface area (Å²) in [5.74, 6) is -1.02. The van der Waals surface area contributed by atoms with Crippen molar-refractivity contribution < 1.29 is 12.8 Å². The minimum Gasteiger partial charge on any atom is -0.396 e. The number of nitrogens with two attached hydrogens (primary N) is 1. The number of halogens is 2. The van der Waals surface area contributed by atoms with E-state index >= 15 is 0 Å². The summed E-state index contributed by atoms with van der Waals surface area (Å²) >= 11 is 5.71. The molecule has 7 heteroatoms. The second kappa shape index (κ2) is 5.30. The lowest BCUT2D eigenvalue weighted by Crippen LogP contribution is -2.15. The minimum atomic E-state index is -4.09. The van der Waals surface area contributed by atoms with Crippen molar-refractivity contribution in [1.29, 1.82) is 0 Å². The predicted molar refractivity (Wildman–Crippen MR) is 77.8 cm³/mol. The van der Waals surface area contributed by atoms with Gasteiger partial charge in [0.05, 0.1) is 5.69 Å². The van der Waals surface area contributed by atoms with Crippen molar-refractivity contribution in [2.45, 2.75) is 11.8 Å². The Balaban J connectivity index is 2.43. The summed E-state index contributed by atoms with van der Waals surface area (Å²) in [6.07, 6.45) is 0. The molecule has 0 atom stereocenters. The van der Waals surface area contributed by atoms with Crippen LogP contribution in [0.15, 0.2) is 41.3 Å². The number of aryl methyl sites for hydroxylation is 1. The van der Waals surface area contributed by atoms with Crippen LogP contribution in [0.3, 0.4) is 0 Å². The van der Waals surface area contributed by atoms with Crippen LogP contribution in [0.1, 0.15) is 5.56 Å². The van der Waals surface area contributed by atoms with Crippen LogP contribution in [0.2, 0.25) is 5.02 Å². The van der Waals surface area contributed by atoms with Gasteiger partial charge in [-0.25, -0.2) is 12.8 Å². The number of nitrogen functional groups attached to an aromatic ring is 1. The van der Waals surface area contributed by atoms with Gasteiger partial charge in [0.25, 0.3) is 10.0 Å². The number of rotatable bonds is 3. The van der Waals surface area contributed by atoms with E-state index in [4.69, 9.17) is 17.3 Å². The molecule has 0 spiro atoms. The highest BCUT2D eigenvalue weighted by atomic mass is 35.5. The van der Waals surface area contributed by atoms with Gasteiger partial charge in [0, 0.05) is 10.7 Å². The third kappa shape index (κ3) is 3.02. The highest BCUT2D eigenvalue weighted by molar-refractivity contribution is 7.92. The van der Waals surface area contributed by atoms with Gasteiger partial charge in [-0.3, -0.25) is 4.72 Å². The van der Waals surface area contributed by atoms with Gasteiger partial charge in [-0.05, 0) is 31.2 Å². The van der Waals surface area contributed by atoms with E-state index in [1.54, 1.807) is 24.3 Å². The van der Waals surface area contributed by atoms with Crippen LogP contribution >= 0.6 is 11.6 Å². The van der Waals surface area contributed by atoms with Crippen molar-refractivity contribution in [3.05, 3.63) is 52.8 Å². The molecule has 2 aromatic carbocycles. The van der Waals surface area contributed by atoms with E-state index in [2.05, 4.69) is 4.72 Å². The van der Waals surface area contributed by atoms with Gasteiger partial charge in [-0.2, -0.15) is 0 Å².